The Labute approximate surface area is 114 Å². The van der Waals surface area contributed by atoms with Gasteiger partial charge in [0.25, 0.3) is 0 Å². The predicted molar refractivity (Wildman–Crippen MR) is 76.3 cm³/mol. The van der Waals surface area contributed by atoms with E-state index >= 15 is 0 Å². The van der Waals surface area contributed by atoms with Crippen LogP contribution in [0.25, 0.3) is 0 Å². The molecule has 4 nitrogen and oxygen atoms in total. The summed E-state index contributed by atoms with van der Waals surface area (Å²) in [5, 5.41) is 3.39. The molecule has 0 aliphatic rings. The normalized spacial score (nSPS) is 12.9. The maximum atomic E-state index is 5.74. The van der Waals surface area contributed by atoms with Crippen molar-refractivity contribution < 1.29 is 4.42 Å². The van der Waals surface area contributed by atoms with Crippen molar-refractivity contribution in [3.05, 3.63) is 40.9 Å². The summed E-state index contributed by atoms with van der Waals surface area (Å²) in [6, 6.07) is 0.241. The van der Waals surface area contributed by atoms with Crippen LogP contribution in [0, 0.1) is 20.8 Å². The van der Waals surface area contributed by atoms with Gasteiger partial charge in [-0.2, -0.15) is 0 Å². The minimum Gasteiger partial charge on any atom is -0.466 e. The Morgan fingerprint density at radius 1 is 1.32 bits per heavy atom. The zero-order valence-electron chi connectivity index (χ0n) is 12.4. The summed E-state index contributed by atoms with van der Waals surface area (Å²) >= 11 is 0. The number of hydrogen-bond donors (Lipinski definition) is 1. The van der Waals surface area contributed by atoms with Crippen LogP contribution in [0.2, 0.25) is 0 Å². The average Bonchev–Trinajstić information content (AvgIpc) is 2.93. The van der Waals surface area contributed by atoms with Gasteiger partial charge in [0.2, 0.25) is 0 Å². The molecule has 0 fully saturated rings. The molecule has 0 bridgehead atoms. The molecule has 0 aliphatic heterocycles. The molecule has 0 radical (unpaired) electrons. The molecule has 0 spiro atoms. The van der Waals surface area contributed by atoms with Crippen molar-refractivity contribution in [1.82, 2.24) is 14.9 Å². The molecule has 19 heavy (non-hydrogen) atoms. The number of nitrogens with one attached hydrogen (secondary N) is 1. The summed E-state index contributed by atoms with van der Waals surface area (Å²) in [7, 11) is 1.99. The Morgan fingerprint density at radius 2 is 2.05 bits per heavy atom. The van der Waals surface area contributed by atoms with Gasteiger partial charge in [0.1, 0.15) is 17.3 Å². The number of nitrogens with zero attached hydrogens (tertiary/aromatic N) is 2. The number of hydrogen-bond acceptors (Lipinski definition) is 3. The fourth-order valence-electron chi connectivity index (χ4n) is 2.67. The van der Waals surface area contributed by atoms with Gasteiger partial charge < -0.3 is 14.3 Å². The largest absolute Gasteiger partial charge is 0.466 e. The Kier molecular flexibility index (Phi) is 4.10. The second-order valence-corrected chi connectivity index (χ2v) is 4.93. The van der Waals surface area contributed by atoms with Gasteiger partial charge in [0.15, 0.2) is 0 Å². The molecule has 2 heterocycles. The monoisotopic (exact) mass is 261 g/mol. The molecule has 0 saturated heterocycles. The minimum atomic E-state index is 0.241. The topological polar surface area (TPSA) is 43.0 Å². The van der Waals surface area contributed by atoms with E-state index < -0.39 is 0 Å². The molecule has 0 saturated carbocycles. The number of aryl methyl sites for hydroxylation is 3. The fraction of sp³-hybridized carbons (Fsp3) is 0.533. The third kappa shape index (κ3) is 2.59. The molecule has 0 amide bonds. The van der Waals surface area contributed by atoms with Gasteiger partial charge in [-0.05, 0) is 40.3 Å². The maximum Gasteiger partial charge on any atom is 0.110 e. The van der Waals surface area contributed by atoms with Crippen LogP contribution in [0.15, 0.2) is 16.8 Å². The average molecular weight is 261 g/mol. The van der Waals surface area contributed by atoms with E-state index in [9.17, 15) is 0 Å². The van der Waals surface area contributed by atoms with Crippen molar-refractivity contribution in [2.24, 2.45) is 0 Å². The van der Waals surface area contributed by atoms with Crippen LogP contribution < -0.4 is 5.32 Å². The van der Waals surface area contributed by atoms with Crippen molar-refractivity contribution in [1.29, 1.82) is 0 Å². The SMILES string of the molecule is CCn1ccnc1CC(NC)c1c(C)oc(C)c1C. The van der Waals surface area contributed by atoms with Crippen molar-refractivity contribution in [3.63, 3.8) is 0 Å². The van der Waals surface area contributed by atoms with Crippen LogP contribution in [-0.4, -0.2) is 16.6 Å². The highest BCUT2D eigenvalue weighted by Gasteiger charge is 2.21. The van der Waals surface area contributed by atoms with Crippen molar-refractivity contribution in [2.45, 2.75) is 46.7 Å². The highest BCUT2D eigenvalue weighted by Crippen LogP contribution is 2.28. The molecule has 0 aromatic carbocycles. The molecular formula is C15H23N3O. The van der Waals surface area contributed by atoms with Gasteiger partial charge in [-0.1, -0.05) is 0 Å². The summed E-state index contributed by atoms with van der Waals surface area (Å²) < 4.78 is 7.92. The van der Waals surface area contributed by atoms with E-state index in [1.165, 1.54) is 11.1 Å². The van der Waals surface area contributed by atoms with Gasteiger partial charge in [0, 0.05) is 37.0 Å². The lowest BCUT2D eigenvalue weighted by molar-refractivity contribution is 0.486. The first-order valence-corrected chi connectivity index (χ1v) is 6.82. The molecule has 1 N–H and O–H groups in total. The Hall–Kier alpha value is -1.55. The van der Waals surface area contributed by atoms with Gasteiger partial charge in [-0.3, -0.25) is 0 Å². The third-order valence-corrected chi connectivity index (χ3v) is 3.84. The number of likely N-dealkylation sites (N-methyl/N-ethyl adjacent to an activating group) is 1. The zero-order chi connectivity index (χ0) is 14.0. The van der Waals surface area contributed by atoms with E-state index in [-0.39, 0.29) is 6.04 Å². The van der Waals surface area contributed by atoms with E-state index in [2.05, 4.69) is 28.7 Å². The number of furan rings is 1. The fourth-order valence-corrected chi connectivity index (χ4v) is 2.67. The van der Waals surface area contributed by atoms with Crippen molar-refractivity contribution in [2.75, 3.05) is 7.05 Å². The molecule has 1 unspecified atom stereocenters. The first-order valence-electron chi connectivity index (χ1n) is 6.82. The van der Waals surface area contributed by atoms with Gasteiger partial charge in [-0.25, -0.2) is 4.98 Å². The van der Waals surface area contributed by atoms with Crippen molar-refractivity contribution in [3.8, 4) is 0 Å². The molecule has 2 aromatic heterocycles. The second kappa shape index (κ2) is 5.61. The van der Waals surface area contributed by atoms with Crippen LogP contribution in [0.5, 0.6) is 0 Å². The summed E-state index contributed by atoms with van der Waals surface area (Å²) in [4.78, 5) is 4.46. The summed E-state index contributed by atoms with van der Waals surface area (Å²) in [6.07, 6.45) is 4.77. The van der Waals surface area contributed by atoms with Crippen LogP contribution >= 0.6 is 0 Å². The lowest BCUT2D eigenvalue weighted by atomic mass is 9.99. The Morgan fingerprint density at radius 3 is 2.58 bits per heavy atom. The van der Waals surface area contributed by atoms with E-state index in [4.69, 9.17) is 4.42 Å². The Bertz CT molecular complexity index is 554. The first kappa shape index (κ1) is 13.9. The number of imidazole rings is 1. The first-order chi connectivity index (χ1) is 9.08. The van der Waals surface area contributed by atoms with E-state index in [0.29, 0.717) is 0 Å². The second-order valence-electron chi connectivity index (χ2n) is 4.93. The summed E-state index contributed by atoms with van der Waals surface area (Å²) in [5.74, 6) is 3.12. The van der Waals surface area contributed by atoms with Gasteiger partial charge in [0.05, 0.1) is 0 Å². The zero-order valence-corrected chi connectivity index (χ0v) is 12.4. The molecule has 1 atom stereocenters. The van der Waals surface area contributed by atoms with E-state index in [1.807, 2.05) is 33.3 Å². The van der Waals surface area contributed by atoms with E-state index in [1.54, 1.807) is 0 Å². The quantitative estimate of drug-likeness (QED) is 0.900. The minimum absolute atomic E-state index is 0.241. The number of rotatable bonds is 5. The lowest BCUT2D eigenvalue weighted by Gasteiger charge is -2.17. The highest BCUT2D eigenvalue weighted by molar-refractivity contribution is 5.34. The summed E-state index contributed by atoms with van der Waals surface area (Å²) in [6.45, 7) is 9.27. The van der Waals surface area contributed by atoms with Gasteiger partial charge >= 0.3 is 0 Å². The van der Waals surface area contributed by atoms with Crippen LogP contribution in [0.1, 0.15) is 41.4 Å². The molecule has 104 valence electrons. The van der Waals surface area contributed by atoms with Crippen molar-refractivity contribution >= 4 is 0 Å². The van der Waals surface area contributed by atoms with Crippen LogP contribution in [0.3, 0.4) is 0 Å². The molecule has 0 aliphatic carbocycles. The van der Waals surface area contributed by atoms with Crippen LogP contribution in [-0.2, 0) is 13.0 Å². The smallest absolute Gasteiger partial charge is 0.110 e. The molecule has 2 rings (SSSR count). The summed E-state index contributed by atoms with van der Waals surface area (Å²) in [5.41, 5.74) is 2.51. The lowest BCUT2D eigenvalue weighted by Crippen LogP contribution is -2.21. The highest BCUT2D eigenvalue weighted by atomic mass is 16.3. The van der Waals surface area contributed by atoms with E-state index in [0.717, 1.165) is 30.3 Å². The third-order valence-electron chi connectivity index (χ3n) is 3.84. The molecule has 2 aromatic rings. The predicted octanol–water partition coefficient (Wildman–Crippen LogP) is 2.92. The van der Waals surface area contributed by atoms with Crippen LogP contribution in [0.4, 0.5) is 0 Å². The standard InChI is InChI=1S/C15H23N3O/c1-6-18-8-7-17-14(18)9-13(16-5)15-10(2)11(3)19-12(15)4/h7-8,13,16H,6,9H2,1-5H3. The number of aromatic nitrogens is 2. The maximum absolute atomic E-state index is 5.74. The Balaban J connectivity index is 2.30. The van der Waals surface area contributed by atoms with Gasteiger partial charge in [-0.15, -0.1) is 0 Å². The molecule has 4 heteroatoms. The molecular weight excluding hydrogens is 238 g/mol.